The van der Waals surface area contributed by atoms with Gasteiger partial charge in [-0.05, 0) is 41.9 Å². The molecule has 6 heteroatoms. The molecule has 1 unspecified atom stereocenters. The fourth-order valence-electron chi connectivity index (χ4n) is 2.12. The molecule has 144 valence electrons. The number of hydrogen-bond acceptors (Lipinski definition) is 4. The second-order valence-electron chi connectivity index (χ2n) is 5.68. The summed E-state index contributed by atoms with van der Waals surface area (Å²) in [5.41, 5.74) is 0. The Morgan fingerprint density at radius 1 is 0.885 bits per heavy atom. The highest BCUT2D eigenvalue weighted by Crippen LogP contribution is 2.05. The highest BCUT2D eigenvalue weighted by molar-refractivity contribution is 8.26. The van der Waals surface area contributed by atoms with Crippen LogP contribution in [0.3, 0.4) is 0 Å². The lowest BCUT2D eigenvalue weighted by atomic mass is 10.1. The topological polar surface area (TPSA) is 49.4 Å². The summed E-state index contributed by atoms with van der Waals surface area (Å²) in [6.45, 7) is 2.39. The van der Waals surface area contributed by atoms with E-state index in [2.05, 4.69) is 83.0 Å². The molecule has 2 aromatic rings. The number of halogens is 1. The molecule has 0 fully saturated rings. The summed E-state index contributed by atoms with van der Waals surface area (Å²) >= 11 is 4.08. The van der Waals surface area contributed by atoms with Crippen molar-refractivity contribution in [2.24, 2.45) is 0 Å². The van der Waals surface area contributed by atoms with Crippen LogP contribution in [0.5, 0.6) is 0 Å². The summed E-state index contributed by atoms with van der Waals surface area (Å²) < 4.78 is 28.1. The first-order valence-electron chi connectivity index (χ1n) is 8.86. The molecule has 1 atom stereocenters. The van der Waals surface area contributed by atoms with Crippen molar-refractivity contribution in [2.75, 3.05) is 6.61 Å². The Labute approximate surface area is 173 Å². The average Bonchev–Trinajstić information content (AvgIpc) is 2.62. The van der Waals surface area contributed by atoms with E-state index in [1.165, 1.54) is 26.4 Å². The van der Waals surface area contributed by atoms with Crippen molar-refractivity contribution in [3.63, 3.8) is 0 Å². The quantitative estimate of drug-likeness (QED) is 0.366. The molecule has 0 saturated carbocycles. The van der Waals surface area contributed by atoms with Crippen molar-refractivity contribution >= 4 is 20.2 Å². The van der Waals surface area contributed by atoms with Crippen LogP contribution < -0.4 is 21.2 Å². The van der Waals surface area contributed by atoms with Gasteiger partial charge in [-0.25, -0.2) is 4.21 Å². The van der Waals surface area contributed by atoms with Gasteiger partial charge < -0.3 is 4.55 Å². The minimum Gasteiger partial charge on any atom is -0.748 e. The van der Waals surface area contributed by atoms with Gasteiger partial charge in [-0.15, -0.1) is 0 Å². The largest absolute Gasteiger partial charge is 0.748 e. The molecular weight excluding hydrogens is 479 g/mol. The minimum atomic E-state index is -3.64. The maximum Gasteiger partial charge on any atom is 0.357 e. The van der Waals surface area contributed by atoms with Crippen molar-refractivity contribution in [1.29, 1.82) is 0 Å². The molecule has 0 amide bonds. The van der Waals surface area contributed by atoms with E-state index in [-0.39, 0.29) is 27.8 Å². The summed E-state index contributed by atoms with van der Waals surface area (Å²) in [4.78, 5) is 0. The van der Waals surface area contributed by atoms with E-state index >= 15 is 0 Å². The van der Waals surface area contributed by atoms with Crippen LogP contribution in [0.1, 0.15) is 45.4 Å². The summed E-state index contributed by atoms with van der Waals surface area (Å²) in [5, 5.41) is 0. The van der Waals surface area contributed by atoms with E-state index in [4.69, 9.17) is 0 Å². The van der Waals surface area contributed by atoms with E-state index in [0.29, 0.717) is 0 Å². The van der Waals surface area contributed by atoms with Crippen LogP contribution in [0.25, 0.3) is 0 Å². The van der Waals surface area contributed by atoms with E-state index in [9.17, 15) is 8.76 Å². The third kappa shape index (κ3) is 13.6. The van der Waals surface area contributed by atoms with Crippen LogP contribution in [-0.4, -0.2) is 15.4 Å². The molecular formula is C20H27IO3S2. The maximum atomic E-state index is 10.4. The van der Waals surface area contributed by atoms with Gasteiger partial charge in [0, 0.05) is 0 Å². The van der Waals surface area contributed by atoms with Gasteiger partial charge >= 0.3 is 21.2 Å². The van der Waals surface area contributed by atoms with Gasteiger partial charge in [0.05, 0.1) is 15.7 Å². The molecule has 0 aliphatic rings. The second kappa shape index (κ2) is 14.5. The maximum absolute atomic E-state index is 10.4. The Balaban J connectivity index is 0.000000260. The minimum absolute atomic E-state index is 0.0287. The Hall–Kier alpha value is -0.540. The normalized spacial score (nSPS) is 12.7. The molecule has 3 nitrogen and oxygen atoms in total. The highest BCUT2D eigenvalue weighted by Gasteiger charge is 2.12. The first kappa shape index (κ1) is 23.5. The van der Waals surface area contributed by atoms with Gasteiger partial charge in [0.25, 0.3) is 0 Å². The first-order valence-corrected chi connectivity index (χ1v) is 13.4. The van der Waals surface area contributed by atoms with Crippen molar-refractivity contribution in [2.45, 2.75) is 45.4 Å². The Morgan fingerprint density at radius 3 is 1.81 bits per heavy atom. The van der Waals surface area contributed by atoms with Crippen molar-refractivity contribution in [3.8, 4) is 0 Å². The smallest absolute Gasteiger partial charge is 0.357 e. The van der Waals surface area contributed by atoms with E-state index in [0.717, 1.165) is 19.3 Å². The fourth-order valence-corrected chi connectivity index (χ4v) is 4.92. The Morgan fingerprint density at radius 2 is 1.35 bits per heavy atom. The van der Waals surface area contributed by atoms with E-state index in [1.807, 2.05) is 0 Å². The van der Waals surface area contributed by atoms with Gasteiger partial charge in [-0.3, -0.25) is 4.18 Å². The third-order valence-electron chi connectivity index (χ3n) is 3.41. The molecule has 26 heavy (non-hydrogen) atoms. The first-order chi connectivity index (χ1) is 12.5. The van der Waals surface area contributed by atoms with Crippen LogP contribution >= 0.6 is 0 Å². The summed E-state index contributed by atoms with van der Waals surface area (Å²) in [6.07, 6.45) is 6.63. The molecule has 0 bridgehead atoms. The lowest BCUT2D eigenvalue weighted by molar-refractivity contribution is -0.597. The molecule has 0 N–H and O–H groups in total. The number of hydrogen-bond donors (Lipinski definition) is 0. The lowest BCUT2D eigenvalue weighted by Gasteiger charge is -2.10. The van der Waals surface area contributed by atoms with Gasteiger partial charge in [0.15, 0.2) is 7.14 Å². The van der Waals surface area contributed by atoms with Crippen molar-refractivity contribution in [3.05, 3.63) is 67.8 Å². The predicted molar refractivity (Wildman–Crippen MR) is 106 cm³/mol. The molecule has 0 radical (unpaired) electrons. The van der Waals surface area contributed by atoms with E-state index < -0.39 is 9.05 Å². The van der Waals surface area contributed by atoms with Crippen LogP contribution in [0, 0.1) is 7.14 Å². The lowest BCUT2D eigenvalue weighted by Crippen LogP contribution is -3.61. The Kier molecular flexibility index (Phi) is 13.1. The molecule has 2 aromatic carbocycles. The van der Waals surface area contributed by atoms with E-state index in [1.54, 1.807) is 0 Å². The molecule has 0 aromatic heterocycles. The average molecular weight is 506 g/mol. The van der Waals surface area contributed by atoms with Gasteiger partial charge in [0.2, 0.25) is 0 Å². The zero-order valence-electron chi connectivity index (χ0n) is 15.1. The highest BCUT2D eigenvalue weighted by atomic mass is 127. The van der Waals surface area contributed by atoms with Gasteiger partial charge in [-0.1, -0.05) is 75.4 Å². The SMILES string of the molecule is CCCCCCCCOS(=O)([O-])=S.c1ccc([I+]c2ccccc2)cc1. The Bertz CT molecular complexity index is 639. The molecule has 2 rings (SSSR count). The van der Waals surface area contributed by atoms with Crippen LogP contribution in [0.4, 0.5) is 0 Å². The monoisotopic (exact) mass is 506 g/mol. The van der Waals surface area contributed by atoms with Gasteiger partial charge in [0.1, 0.15) is 0 Å². The molecule has 0 heterocycles. The predicted octanol–water partition coefficient (Wildman–Crippen LogP) is 1.97. The summed E-state index contributed by atoms with van der Waals surface area (Å²) in [5.74, 6) is 0. The number of rotatable bonds is 10. The third-order valence-corrected chi connectivity index (χ3v) is 6.84. The van der Waals surface area contributed by atoms with Crippen molar-refractivity contribution < 1.29 is 34.1 Å². The van der Waals surface area contributed by atoms with Crippen LogP contribution in [-0.2, 0) is 24.4 Å². The number of unbranched alkanes of at least 4 members (excludes halogenated alkanes) is 5. The fraction of sp³-hybridized carbons (Fsp3) is 0.400. The second-order valence-corrected chi connectivity index (χ2v) is 11.0. The molecule has 0 aliphatic heterocycles. The van der Waals surface area contributed by atoms with Crippen LogP contribution in [0.15, 0.2) is 60.7 Å². The molecule has 0 spiro atoms. The zero-order valence-corrected chi connectivity index (χ0v) is 18.9. The van der Waals surface area contributed by atoms with Gasteiger partial charge in [-0.2, -0.15) is 0 Å². The van der Waals surface area contributed by atoms with Crippen LogP contribution in [0.2, 0.25) is 0 Å². The summed E-state index contributed by atoms with van der Waals surface area (Å²) in [7, 11) is -3.64. The number of benzene rings is 2. The van der Waals surface area contributed by atoms with Crippen molar-refractivity contribution in [1.82, 2.24) is 0 Å². The summed E-state index contributed by atoms with van der Waals surface area (Å²) in [6, 6.07) is 21.4. The molecule has 0 saturated heterocycles. The standard InChI is InChI=1S/C12H10I.C8H18O3S2/c1-3-7-11(8-4-1)13-12-9-5-2-6-10-12;1-2-3-4-5-6-7-8-11-13(9,10)12/h1-10H;2-8H2,1H3,(H,9,10,12)/q+1;/p-1. The zero-order chi connectivity index (χ0) is 19.1. The molecule has 0 aliphatic carbocycles.